The maximum atomic E-state index is 12.5. The Hall–Kier alpha value is -1.55. The van der Waals surface area contributed by atoms with Gasteiger partial charge in [-0.25, -0.2) is 0 Å². The third-order valence-corrected chi connectivity index (χ3v) is 3.79. The Morgan fingerprint density at radius 1 is 1.56 bits per heavy atom. The summed E-state index contributed by atoms with van der Waals surface area (Å²) in [6.45, 7) is 5.15. The van der Waals surface area contributed by atoms with Gasteiger partial charge in [-0.1, -0.05) is 6.07 Å². The van der Waals surface area contributed by atoms with Crippen LogP contribution in [-0.4, -0.2) is 35.0 Å². The van der Waals surface area contributed by atoms with Crippen LogP contribution in [0.5, 0.6) is 5.75 Å². The van der Waals surface area contributed by atoms with E-state index in [1.54, 1.807) is 25.1 Å². The molecular weight excluding hydrogens is 228 g/mol. The first-order valence-electron chi connectivity index (χ1n) is 6.34. The largest absolute Gasteiger partial charge is 0.508 e. The number of phenols is 1. The number of aromatic hydroxyl groups is 1. The lowest BCUT2D eigenvalue weighted by Crippen LogP contribution is -2.34. The first-order chi connectivity index (χ1) is 8.54. The summed E-state index contributed by atoms with van der Waals surface area (Å²) in [6.07, 6.45) is 0.958. The molecule has 4 nitrogen and oxygen atoms in total. The highest BCUT2D eigenvalue weighted by Gasteiger charge is 2.32. The molecule has 0 aliphatic carbocycles. The molecule has 1 heterocycles. The van der Waals surface area contributed by atoms with Crippen LogP contribution in [0, 0.1) is 12.8 Å². The highest BCUT2D eigenvalue weighted by molar-refractivity contribution is 5.96. The number of benzene rings is 1. The first kappa shape index (κ1) is 12.9. The molecule has 4 heteroatoms. The van der Waals surface area contributed by atoms with Gasteiger partial charge >= 0.3 is 0 Å². The monoisotopic (exact) mass is 248 g/mol. The number of likely N-dealkylation sites (tertiary alicyclic amines) is 1. The zero-order valence-corrected chi connectivity index (χ0v) is 10.9. The number of nitrogens with two attached hydrogens (primary N) is 1. The van der Waals surface area contributed by atoms with E-state index in [2.05, 4.69) is 0 Å². The van der Waals surface area contributed by atoms with E-state index in [4.69, 9.17) is 5.73 Å². The van der Waals surface area contributed by atoms with Crippen LogP contribution in [-0.2, 0) is 0 Å². The molecule has 1 amide bonds. The van der Waals surface area contributed by atoms with Crippen LogP contribution in [0.25, 0.3) is 0 Å². The molecule has 1 aliphatic heterocycles. The Labute approximate surface area is 107 Å². The quantitative estimate of drug-likeness (QED) is 0.833. The maximum absolute atomic E-state index is 12.5. The zero-order chi connectivity index (χ0) is 13.3. The lowest BCUT2D eigenvalue weighted by Gasteiger charge is -2.22. The summed E-state index contributed by atoms with van der Waals surface area (Å²) in [7, 11) is 0. The van der Waals surface area contributed by atoms with Gasteiger partial charge in [-0.3, -0.25) is 4.79 Å². The van der Waals surface area contributed by atoms with Gasteiger partial charge in [0, 0.05) is 23.7 Å². The van der Waals surface area contributed by atoms with E-state index < -0.39 is 0 Å². The standard InChI is InChI=1S/C14H20N2O2/c1-9-6-11(7-15)8-16(9)14(18)12-4-3-5-13(17)10(12)2/h3-5,9,11,17H,6-8,15H2,1-2H3. The van der Waals surface area contributed by atoms with Crippen molar-refractivity contribution in [1.82, 2.24) is 4.90 Å². The van der Waals surface area contributed by atoms with Crippen molar-refractivity contribution in [3.05, 3.63) is 29.3 Å². The molecule has 2 rings (SSSR count). The summed E-state index contributed by atoms with van der Waals surface area (Å²) >= 11 is 0. The van der Waals surface area contributed by atoms with Crippen molar-refractivity contribution in [3.8, 4) is 5.75 Å². The first-order valence-corrected chi connectivity index (χ1v) is 6.34. The van der Waals surface area contributed by atoms with Crippen molar-refractivity contribution in [2.24, 2.45) is 11.7 Å². The second-order valence-electron chi connectivity index (χ2n) is 5.09. The lowest BCUT2D eigenvalue weighted by molar-refractivity contribution is 0.0742. The Bertz CT molecular complexity index is 459. The van der Waals surface area contributed by atoms with Crippen LogP contribution in [0.2, 0.25) is 0 Å². The van der Waals surface area contributed by atoms with Crippen LogP contribution in [0.4, 0.5) is 0 Å². The topological polar surface area (TPSA) is 66.6 Å². The molecule has 1 aliphatic rings. The molecule has 1 saturated heterocycles. The van der Waals surface area contributed by atoms with E-state index in [1.165, 1.54) is 0 Å². The summed E-state index contributed by atoms with van der Waals surface area (Å²) < 4.78 is 0. The minimum atomic E-state index is -0.00755. The van der Waals surface area contributed by atoms with Crippen LogP contribution >= 0.6 is 0 Å². The summed E-state index contributed by atoms with van der Waals surface area (Å²) in [5.74, 6) is 0.552. The molecule has 3 N–H and O–H groups in total. The van der Waals surface area contributed by atoms with Crippen molar-refractivity contribution < 1.29 is 9.90 Å². The summed E-state index contributed by atoms with van der Waals surface area (Å²) in [5.41, 5.74) is 6.90. The molecule has 1 fully saturated rings. The van der Waals surface area contributed by atoms with Gasteiger partial charge in [0.15, 0.2) is 0 Å². The lowest BCUT2D eigenvalue weighted by atomic mass is 10.1. The zero-order valence-electron chi connectivity index (χ0n) is 10.9. The molecule has 2 atom stereocenters. The molecule has 98 valence electrons. The Balaban J connectivity index is 2.24. The van der Waals surface area contributed by atoms with Gasteiger partial charge < -0.3 is 15.7 Å². The van der Waals surface area contributed by atoms with E-state index in [0.29, 0.717) is 30.1 Å². The Kier molecular flexibility index (Phi) is 3.57. The maximum Gasteiger partial charge on any atom is 0.254 e. The second kappa shape index (κ2) is 4.98. The second-order valence-corrected chi connectivity index (χ2v) is 5.09. The Morgan fingerprint density at radius 3 is 2.89 bits per heavy atom. The number of carbonyl (C=O) groups is 1. The number of hydrogen-bond donors (Lipinski definition) is 2. The minimum absolute atomic E-state index is 0.00755. The van der Waals surface area contributed by atoms with Gasteiger partial charge in [0.1, 0.15) is 5.75 Å². The fourth-order valence-electron chi connectivity index (χ4n) is 2.61. The Morgan fingerprint density at radius 2 is 2.28 bits per heavy atom. The number of amides is 1. The van der Waals surface area contributed by atoms with Gasteiger partial charge in [-0.05, 0) is 44.9 Å². The molecule has 0 bridgehead atoms. The summed E-state index contributed by atoms with van der Waals surface area (Å²) in [6, 6.07) is 5.28. The third kappa shape index (κ3) is 2.20. The van der Waals surface area contributed by atoms with E-state index in [1.807, 2.05) is 11.8 Å². The highest BCUT2D eigenvalue weighted by atomic mass is 16.3. The number of rotatable bonds is 2. The van der Waals surface area contributed by atoms with Crippen molar-refractivity contribution in [1.29, 1.82) is 0 Å². The number of nitrogens with zero attached hydrogens (tertiary/aromatic N) is 1. The molecule has 0 spiro atoms. The van der Waals surface area contributed by atoms with Gasteiger partial charge in [0.2, 0.25) is 0 Å². The van der Waals surface area contributed by atoms with Crippen molar-refractivity contribution in [3.63, 3.8) is 0 Å². The van der Waals surface area contributed by atoms with Gasteiger partial charge in [0.25, 0.3) is 5.91 Å². The van der Waals surface area contributed by atoms with E-state index in [-0.39, 0.29) is 17.7 Å². The molecular formula is C14H20N2O2. The molecule has 2 unspecified atom stereocenters. The van der Waals surface area contributed by atoms with Crippen LogP contribution in [0.3, 0.4) is 0 Å². The predicted octanol–water partition coefficient (Wildman–Crippen LogP) is 1.51. The molecule has 18 heavy (non-hydrogen) atoms. The normalized spacial score (nSPS) is 23.4. The van der Waals surface area contributed by atoms with Crippen molar-refractivity contribution in [2.75, 3.05) is 13.1 Å². The van der Waals surface area contributed by atoms with Crippen LogP contribution in [0.15, 0.2) is 18.2 Å². The van der Waals surface area contributed by atoms with E-state index in [0.717, 1.165) is 6.42 Å². The average molecular weight is 248 g/mol. The SMILES string of the molecule is Cc1c(O)cccc1C(=O)N1CC(CN)CC1C. The highest BCUT2D eigenvalue weighted by Crippen LogP contribution is 2.27. The molecule has 0 radical (unpaired) electrons. The smallest absolute Gasteiger partial charge is 0.254 e. The average Bonchev–Trinajstić information content (AvgIpc) is 2.73. The fourth-order valence-corrected chi connectivity index (χ4v) is 2.61. The third-order valence-electron chi connectivity index (χ3n) is 3.79. The van der Waals surface area contributed by atoms with Crippen molar-refractivity contribution >= 4 is 5.91 Å². The molecule has 1 aromatic rings. The fraction of sp³-hybridized carbons (Fsp3) is 0.500. The van der Waals surface area contributed by atoms with Crippen LogP contribution < -0.4 is 5.73 Å². The van der Waals surface area contributed by atoms with Gasteiger partial charge in [0.05, 0.1) is 0 Å². The number of hydrogen-bond acceptors (Lipinski definition) is 3. The van der Waals surface area contributed by atoms with E-state index >= 15 is 0 Å². The minimum Gasteiger partial charge on any atom is -0.508 e. The van der Waals surface area contributed by atoms with E-state index in [9.17, 15) is 9.90 Å². The number of carbonyl (C=O) groups excluding carboxylic acids is 1. The van der Waals surface area contributed by atoms with Gasteiger partial charge in [-0.15, -0.1) is 0 Å². The summed E-state index contributed by atoms with van der Waals surface area (Å²) in [5, 5.41) is 9.67. The predicted molar refractivity (Wildman–Crippen MR) is 70.5 cm³/mol. The molecule has 1 aromatic carbocycles. The van der Waals surface area contributed by atoms with Crippen molar-refractivity contribution in [2.45, 2.75) is 26.3 Å². The number of phenolic OH excluding ortho intramolecular Hbond substituents is 1. The van der Waals surface area contributed by atoms with Crippen LogP contribution in [0.1, 0.15) is 29.3 Å². The van der Waals surface area contributed by atoms with Gasteiger partial charge in [-0.2, -0.15) is 0 Å². The molecule has 0 aromatic heterocycles. The summed E-state index contributed by atoms with van der Waals surface area (Å²) in [4.78, 5) is 14.3. The molecule has 0 saturated carbocycles.